The molecule has 128 valence electrons. The molecule has 1 fully saturated rings. The first-order valence-corrected chi connectivity index (χ1v) is 7.57. The summed E-state index contributed by atoms with van der Waals surface area (Å²) < 4.78 is 39.2. The number of nitrogens with zero attached hydrogens (tertiary/aromatic N) is 1. The van der Waals surface area contributed by atoms with Crippen LogP contribution in [0.5, 0.6) is 0 Å². The fourth-order valence-electron chi connectivity index (χ4n) is 3.21. The van der Waals surface area contributed by atoms with E-state index in [1.54, 1.807) is 0 Å². The van der Waals surface area contributed by atoms with E-state index in [0.29, 0.717) is 12.8 Å². The molecule has 1 saturated carbocycles. The van der Waals surface area contributed by atoms with Crippen LogP contribution in [0.4, 0.5) is 13.2 Å². The minimum atomic E-state index is -4.52. The first kappa shape index (κ1) is 16.5. The summed E-state index contributed by atoms with van der Waals surface area (Å²) in [6.07, 6.45) is -3.82. The van der Waals surface area contributed by atoms with E-state index in [2.05, 4.69) is 0 Å². The molecule has 3 rings (SSSR count). The molecule has 0 N–H and O–H groups in total. The molecule has 5 nitrogen and oxygen atoms in total. The fraction of sp³-hybridized carbons (Fsp3) is 0.438. The Labute approximate surface area is 135 Å². The predicted octanol–water partition coefficient (Wildman–Crippen LogP) is 3.11. The highest BCUT2D eigenvalue weighted by Gasteiger charge is 2.50. The summed E-state index contributed by atoms with van der Waals surface area (Å²) in [5.74, 6) is -6.09. The van der Waals surface area contributed by atoms with Gasteiger partial charge in [0.05, 0.1) is 23.0 Å². The number of imide groups is 1. The van der Waals surface area contributed by atoms with Crippen LogP contribution in [0.15, 0.2) is 24.3 Å². The third-order valence-electron chi connectivity index (χ3n) is 4.43. The first-order valence-electron chi connectivity index (χ1n) is 7.57. The Morgan fingerprint density at radius 3 is 2.12 bits per heavy atom. The maximum Gasteiger partial charge on any atom is 0.392 e. The molecular weight excluding hydrogens is 327 g/mol. The number of rotatable bonds is 2. The number of amides is 2. The summed E-state index contributed by atoms with van der Waals surface area (Å²) in [5, 5.41) is 0.259. The monoisotopic (exact) mass is 341 g/mol. The van der Waals surface area contributed by atoms with E-state index >= 15 is 0 Å². The molecule has 0 spiro atoms. The largest absolute Gasteiger partial charge is 0.392 e. The van der Waals surface area contributed by atoms with Gasteiger partial charge in [0.15, 0.2) is 0 Å². The predicted molar refractivity (Wildman–Crippen MR) is 74.5 cm³/mol. The van der Waals surface area contributed by atoms with E-state index in [-0.39, 0.29) is 29.0 Å². The lowest BCUT2D eigenvalue weighted by Crippen LogP contribution is -2.42. The van der Waals surface area contributed by atoms with E-state index in [1.165, 1.54) is 24.3 Å². The quantitative estimate of drug-likeness (QED) is 0.776. The van der Waals surface area contributed by atoms with Gasteiger partial charge in [-0.15, -0.1) is 0 Å². The molecule has 1 heterocycles. The van der Waals surface area contributed by atoms with E-state index in [4.69, 9.17) is 4.84 Å². The van der Waals surface area contributed by atoms with Crippen molar-refractivity contribution in [3.63, 3.8) is 0 Å². The molecule has 1 aliphatic carbocycles. The molecule has 8 heteroatoms. The third kappa shape index (κ3) is 2.76. The van der Waals surface area contributed by atoms with E-state index in [9.17, 15) is 27.6 Å². The SMILES string of the molecule is O=C(ON1C(=O)c2ccccc2C1=O)[C@H]1CCCC[C@H]1C(F)(F)F. The van der Waals surface area contributed by atoms with Crippen LogP contribution in [-0.2, 0) is 9.63 Å². The number of halogens is 3. The maximum atomic E-state index is 13.1. The summed E-state index contributed by atoms with van der Waals surface area (Å²) >= 11 is 0. The van der Waals surface area contributed by atoms with Crippen molar-refractivity contribution in [2.75, 3.05) is 0 Å². The van der Waals surface area contributed by atoms with Crippen molar-refractivity contribution in [3.05, 3.63) is 35.4 Å². The highest BCUT2D eigenvalue weighted by molar-refractivity contribution is 6.20. The van der Waals surface area contributed by atoms with Crippen LogP contribution in [0, 0.1) is 11.8 Å². The van der Waals surface area contributed by atoms with Crippen LogP contribution in [-0.4, -0.2) is 29.0 Å². The van der Waals surface area contributed by atoms with Gasteiger partial charge in [0.1, 0.15) is 0 Å². The number of hydrogen-bond acceptors (Lipinski definition) is 4. The Bertz CT molecular complexity index is 666. The molecule has 0 unspecified atom stereocenters. The highest BCUT2D eigenvalue weighted by atomic mass is 19.4. The molecule has 0 aromatic heterocycles. The smallest absolute Gasteiger partial charge is 0.329 e. The molecule has 1 aromatic carbocycles. The van der Waals surface area contributed by atoms with E-state index < -0.39 is 35.8 Å². The van der Waals surface area contributed by atoms with Crippen LogP contribution in [0.2, 0.25) is 0 Å². The topological polar surface area (TPSA) is 63.7 Å². The van der Waals surface area contributed by atoms with Gasteiger partial charge >= 0.3 is 12.1 Å². The zero-order valence-electron chi connectivity index (χ0n) is 12.5. The average molecular weight is 341 g/mol. The van der Waals surface area contributed by atoms with Crippen molar-refractivity contribution in [1.29, 1.82) is 0 Å². The van der Waals surface area contributed by atoms with Crippen molar-refractivity contribution < 1.29 is 32.4 Å². The number of alkyl halides is 3. The standard InChI is InChI=1S/C16H14F3NO4/c17-16(18,19)12-8-4-3-7-11(12)15(23)24-20-13(21)9-5-1-2-6-10(9)14(20)22/h1-2,5-6,11-12H,3-4,7-8H2/t11-,12+/m0/s1. The van der Waals surface area contributed by atoms with Gasteiger partial charge in [0.2, 0.25) is 0 Å². The van der Waals surface area contributed by atoms with E-state index in [0.717, 1.165) is 0 Å². The van der Waals surface area contributed by atoms with Gasteiger partial charge in [-0.1, -0.05) is 30.0 Å². The molecule has 24 heavy (non-hydrogen) atoms. The number of benzene rings is 1. The number of carbonyl (C=O) groups is 3. The third-order valence-corrected chi connectivity index (χ3v) is 4.43. The van der Waals surface area contributed by atoms with Crippen molar-refractivity contribution in [1.82, 2.24) is 5.06 Å². The first-order chi connectivity index (χ1) is 11.3. The summed E-state index contributed by atoms with van der Waals surface area (Å²) in [5.41, 5.74) is 0.123. The lowest BCUT2D eigenvalue weighted by atomic mass is 9.79. The van der Waals surface area contributed by atoms with Crippen LogP contribution >= 0.6 is 0 Å². The van der Waals surface area contributed by atoms with Crippen molar-refractivity contribution in [3.8, 4) is 0 Å². The molecule has 0 bridgehead atoms. The van der Waals surface area contributed by atoms with Gasteiger partial charge in [-0.05, 0) is 25.0 Å². The molecule has 1 aromatic rings. The number of carbonyl (C=O) groups excluding carboxylic acids is 3. The Morgan fingerprint density at radius 2 is 1.58 bits per heavy atom. The molecular formula is C16H14F3NO4. The second-order valence-electron chi connectivity index (χ2n) is 5.90. The van der Waals surface area contributed by atoms with Crippen LogP contribution in [0.3, 0.4) is 0 Å². The van der Waals surface area contributed by atoms with Crippen LogP contribution in [0.25, 0.3) is 0 Å². The lowest BCUT2D eigenvalue weighted by Gasteiger charge is -2.31. The number of hydrogen-bond donors (Lipinski definition) is 0. The van der Waals surface area contributed by atoms with E-state index in [1.807, 2.05) is 0 Å². The van der Waals surface area contributed by atoms with Crippen LogP contribution in [0.1, 0.15) is 46.4 Å². The minimum absolute atomic E-state index is 0.0200. The summed E-state index contributed by atoms with van der Waals surface area (Å²) in [7, 11) is 0. The molecule has 2 aliphatic rings. The Kier molecular flexibility index (Phi) is 4.06. The lowest BCUT2D eigenvalue weighted by molar-refractivity contribution is -0.213. The van der Waals surface area contributed by atoms with Gasteiger partial charge in [-0.3, -0.25) is 9.59 Å². The molecule has 0 radical (unpaired) electrons. The maximum absolute atomic E-state index is 13.1. The summed E-state index contributed by atoms with van der Waals surface area (Å²) in [4.78, 5) is 41.2. The van der Waals surface area contributed by atoms with Gasteiger partial charge in [0, 0.05) is 0 Å². The van der Waals surface area contributed by atoms with Crippen molar-refractivity contribution in [2.24, 2.45) is 11.8 Å². The van der Waals surface area contributed by atoms with Crippen molar-refractivity contribution in [2.45, 2.75) is 31.9 Å². The Balaban J connectivity index is 1.78. The number of fused-ring (bicyclic) bond motifs is 1. The minimum Gasteiger partial charge on any atom is -0.329 e. The molecule has 2 atom stereocenters. The van der Waals surface area contributed by atoms with Gasteiger partial charge < -0.3 is 4.84 Å². The van der Waals surface area contributed by atoms with Gasteiger partial charge in [-0.2, -0.15) is 13.2 Å². The second kappa shape index (κ2) is 5.92. The molecule has 1 aliphatic heterocycles. The zero-order valence-corrected chi connectivity index (χ0v) is 12.5. The fourth-order valence-corrected chi connectivity index (χ4v) is 3.21. The summed E-state index contributed by atoms with van der Waals surface area (Å²) in [6, 6.07) is 5.86. The van der Waals surface area contributed by atoms with Crippen LogP contribution < -0.4 is 0 Å². The zero-order chi connectivity index (χ0) is 17.5. The number of hydroxylamine groups is 2. The Morgan fingerprint density at radius 1 is 1.04 bits per heavy atom. The van der Waals surface area contributed by atoms with Gasteiger partial charge in [0.25, 0.3) is 11.8 Å². The molecule has 2 amide bonds. The molecule has 0 saturated heterocycles. The van der Waals surface area contributed by atoms with Crippen molar-refractivity contribution >= 4 is 17.8 Å². The summed E-state index contributed by atoms with van der Waals surface area (Å²) in [6.45, 7) is 0. The normalized spacial score (nSPS) is 24.0. The van der Waals surface area contributed by atoms with Gasteiger partial charge in [-0.25, -0.2) is 4.79 Å². The highest BCUT2D eigenvalue weighted by Crippen LogP contribution is 2.42. The second-order valence-corrected chi connectivity index (χ2v) is 5.90. The Hall–Kier alpha value is -2.38. The average Bonchev–Trinajstić information content (AvgIpc) is 2.79.